The number of hydrogen-bond acceptors (Lipinski definition) is 5. The van der Waals surface area contributed by atoms with Gasteiger partial charge in [0.25, 0.3) is 0 Å². The molecule has 146 valence electrons. The number of halogens is 1. The van der Waals surface area contributed by atoms with Crippen molar-refractivity contribution < 1.29 is 13.2 Å². The topological polar surface area (TPSA) is 76.1 Å². The van der Waals surface area contributed by atoms with Crippen molar-refractivity contribution in [3.63, 3.8) is 0 Å². The van der Waals surface area contributed by atoms with Crippen LogP contribution in [0.5, 0.6) is 0 Å². The van der Waals surface area contributed by atoms with Gasteiger partial charge in [0.1, 0.15) is 5.01 Å². The molecule has 0 aliphatic rings. The standard InChI is InChI=1S/C20H19ClN2O3S2/c1-13(14-7-9-16(10-8-14)28(2,25)26)22-19(24)11-15-12-27-20(23-15)17-5-3-4-6-18(17)21/h3-10,12-13H,11H2,1-2H3,(H,22,24). The second-order valence-electron chi connectivity index (χ2n) is 6.43. The Bertz CT molecular complexity index is 1090. The van der Waals surface area contributed by atoms with E-state index in [1.807, 2.05) is 30.5 Å². The molecule has 3 aromatic rings. The van der Waals surface area contributed by atoms with Gasteiger partial charge in [-0.05, 0) is 30.7 Å². The van der Waals surface area contributed by atoms with Crippen molar-refractivity contribution >= 4 is 38.7 Å². The Morgan fingerprint density at radius 2 is 1.86 bits per heavy atom. The van der Waals surface area contributed by atoms with E-state index in [9.17, 15) is 13.2 Å². The van der Waals surface area contributed by atoms with E-state index in [1.54, 1.807) is 30.3 Å². The highest BCUT2D eigenvalue weighted by atomic mass is 35.5. The lowest BCUT2D eigenvalue weighted by molar-refractivity contribution is -0.121. The first-order chi connectivity index (χ1) is 13.2. The van der Waals surface area contributed by atoms with E-state index in [0.29, 0.717) is 10.7 Å². The van der Waals surface area contributed by atoms with Crippen LogP contribution in [0.3, 0.4) is 0 Å². The maximum atomic E-state index is 12.4. The van der Waals surface area contributed by atoms with Crippen molar-refractivity contribution in [3.8, 4) is 10.6 Å². The first-order valence-electron chi connectivity index (χ1n) is 8.53. The number of amides is 1. The lowest BCUT2D eigenvalue weighted by Crippen LogP contribution is -2.28. The molecular weight excluding hydrogens is 416 g/mol. The molecule has 28 heavy (non-hydrogen) atoms. The molecule has 0 spiro atoms. The quantitative estimate of drug-likeness (QED) is 0.628. The molecule has 1 atom stereocenters. The average molecular weight is 435 g/mol. The van der Waals surface area contributed by atoms with Gasteiger partial charge < -0.3 is 5.32 Å². The van der Waals surface area contributed by atoms with Gasteiger partial charge in [-0.3, -0.25) is 4.79 Å². The summed E-state index contributed by atoms with van der Waals surface area (Å²) in [5.74, 6) is -0.157. The third-order valence-corrected chi connectivity index (χ3v) is 6.57. The van der Waals surface area contributed by atoms with Gasteiger partial charge in [0, 0.05) is 17.2 Å². The maximum absolute atomic E-state index is 12.4. The number of sulfone groups is 1. The molecule has 2 aromatic carbocycles. The number of carbonyl (C=O) groups excluding carboxylic acids is 1. The molecule has 0 saturated carbocycles. The Morgan fingerprint density at radius 3 is 2.50 bits per heavy atom. The zero-order valence-corrected chi connectivity index (χ0v) is 17.7. The fourth-order valence-electron chi connectivity index (χ4n) is 2.69. The van der Waals surface area contributed by atoms with Gasteiger partial charge in [-0.2, -0.15) is 0 Å². The Morgan fingerprint density at radius 1 is 1.18 bits per heavy atom. The summed E-state index contributed by atoms with van der Waals surface area (Å²) in [4.78, 5) is 17.1. The van der Waals surface area contributed by atoms with E-state index >= 15 is 0 Å². The highest BCUT2D eigenvalue weighted by Gasteiger charge is 2.14. The number of nitrogens with zero attached hydrogens (tertiary/aromatic N) is 1. The smallest absolute Gasteiger partial charge is 0.226 e. The van der Waals surface area contributed by atoms with Gasteiger partial charge in [0.15, 0.2) is 9.84 Å². The van der Waals surface area contributed by atoms with Crippen LogP contribution in [0.1, 0.15) is 24.2 Å². The molecule has 0 saturated heterocycles. The molecule has 1 amide bonds. The largest absolute Gasteiger partial charge is 0.349 e. The Labute approximate surface area is 173 Å². The van der Waals surface area contributed by atoms with E-state index in [4.69, 9.17) is 11.6 Å². The number of aromatic nitrogens is 1. The van der Waals surface area contributed by atoms with Crippen LogP contribution in [0.25, 0.3) is 10.6 Å². The minimum absolute atomic E-state index is 0.157. The molecule has 0 fully saturated rings. The van der Waals surface area contributed by atoms with E-state index in [2.05, 4.69) is 10.3 Å². The number of thiazole rings is 1. The monoisotopic (exact) mass is 434 g/mol. The predicted molar refractivity (Wildman–Crippen MR) is 112 cm³/mol. The molecule has 0 aliphatic heterocycles. The van der Waals surface area contributed by atoms with Crippen molar-refractivity contribution in [2.45, 2.75) is 24.3 Å². The number of nitrogens with one attached hydrogen (secondary N) is 1. The van der Waals surface area contributed by atoms with Crippen LogP contribution in [0, 0.1) is 0 Å². The van der Waals surface area contributed by atoms with E-state index in [0.717, 1.165) is 22.4 Å². The van der Waals surface area contributed by atoms with Crippen molar-refractivity contribution in [1.82, 2.24) is 10.3 Å². The van der Waals surface area contributed by atoms with Crippen LogP contribution in [0.15, 0.2) is 58.8 Å². The summed E-state index contributed by atoms with van der Waals surface area (Å²) in [6.45, 7) is 1.85. The van der Waals surface area contributed by atoms with Gasteiger partial charge in [-0.25, -0.2) is 13.4 Å². The number of carbonyl (C=O) groups is 1. The molecule has 0 radical (unpaired) electrons. The minimum atomic E-state index is -3.24. The molecule has 0 aliphatic carbocycles. The molecule has 1 heterocycles. The summed E-state index contributed by atoms with van der Waals surface area (Å²) in [7, 11) is -3.24. The number of rotatable bonds is 6. The first-order valence-corrected chi connectivity index (χ1v) is 11.7. The van der Waals surface area contributed by atoms with Crippen molar-refractivity contribution in [2.75, 3.05) is 6.26 Å². The van der Waals surface area contributed by atoms with Crippen molar-refractivity contribution in [3.05, 3.63) is 70.2 Å². The lowest BCUT2D eigenvalue weighted by Gasteiger charge is -2.14. The van der Waals surface area contributed by atoms with Crippen LogP contribution >= 0.6 is 22.9 Å². The van der Waals surface area contributed by atoms with Gasteiger partial charge >= 0.3 is 0 Å². The van der Waals surface area contributed by atoms with Crippen LogP contribution in [0.4, 0.5) is 0 Å². The Hall–Kier alpha value is -2.22. The Balaban J connectivity index is 1.63. The average Bonchev–Trinajstić information content (AvgIpc) is 3.09. The third-order valence-electron chi connectivity index (χ3n) is 4.18. The third kappa shape index (κ3) is 4.98. The van der Waals surface area contributed by atoms with Gasteiger partial charge in [0.2, 0.25) is 5.91 Å². The van der Waals surface area contributed by atoms with Crippen molar-refractivity contribution in [1.29, 1.82) is 0 Å². The second-order valence-corrected chi connectivity index (χ2v) is 9.71. The summed E-state index contributed by atoms with van der Waals surface area (Å²) in [6, 6.07) is 13.7. The van der Waals surface area contributed by atoms with Crippen LogP contribution < -0.4 is 5.32 Å². The fourth-order valence-corrected chi connectivity index (χ4v) is 4.46. The first kappa shape index (κ1) is 20.5. The molecule has 1 aromatic heterocycles. The molecular formula is C20H19ClN2O3S2. The van der Waals surface area contributed by atoms with Gasteiger partial charge in [-0.15, -0.1) is 11.3 Å². The summed E-state index contributed by atoms with van der Waals surface area (Å²) < 4.78 is 23.1. The molecule has 3 rings (SSSR count). The molecule has 5 nitrogen and oxygen atoms in total. The van der Waals surface area contributed by atoms with E-state index < -0.39 is 9.84 Å². The molecule has 0 bridgehead atoms. The molecule has 8 heteroatoms. The SMILES string of the molecule is CC(NC(=O)Cc1csc(-c2ccccc2Cl)n1)c1ccc(S(C)(=O)=O)cc1. The summed E-state index contributed by atoms with van der Waals surface area (Å²) in [5, 5.41) is 6.16. The zero-order valence-electron chi connectivity index (χ0n) is 15.3. The maximum Gasteiger partial charge on any atom is 0.226 e. The molecule has 1 N–H and O–H groups in total. The highest BCUT2D eigenvalue weighted by Crippen LogP contribution is 2.30. The lowest BCUT2D eigenvalue weighted by atomic mass is 10.1. The van der Waals surface area contributed by atoms with E-state index in [-0.39, 0.29) is 23.3 Å². The van der Waals surface area contributed by atoms with Crippen molar-refractivity contribution in [2.24, 2.45) is 0 Å². The number of hydrogen-bond donors (Lipinski definition) is 1. The highest BCUT2D eigenvalue weighted by molar-refractivity contribution is 7.90. The predicted octanol–water partition coefficient (Wildman–Crippen LogP) is 4.29. The fraction of sp³-hybridized carbons (Fsp3) is 0.200. The van der Waals surface area contributed by atoms with Gasteiger partial charge in [0.05, 0.1) is 28.1 Å². The normalized spacial score (nSPS) is 12.5. The van der Waals surface area contributed by atoms with Gasteiger partial charge in [-0.1, -0.05) is 41.9 Å². The molecule has 1 unspecified atom stereocenters. The van der Waals surface area contributed by atoms with Crippen LogP contribution in [-0.4, -0.2) is 25.6 Å². The summed E-state index contributed by atoms with van der Waals surface area (Å²) >= 11 is 7.64. The second kappa shape index (κ2) is 8.43. The Kier molecular flexibility index (Phi) is 6.17. The summed E-state index contributed by atoms with van der Waals surface area (Å²) in [5.41, 5.74) is 2.35. The van der Waals surface area contributed by atoms with Crippen LogP contribution in [0.2, 0.25) is 5.02 Å². The number of benzene rings is 2. The minimum Gasteiger partial charge on any atom is -0.349 e. The summed E-state index contributed by atoms with van der Waals surface area (Å²) in [6.07, 6.45) is 1.32. The van der Waals surface area contributed by atoms with E-state index in [1.165, 1.54) is 11.3 Å². The van der Waals surface area contributed by atoms with Crippen LogP contribution in [-0.2, 0) is 21.1 Å². The zero-order chi connectivity index (χ0) is 20.3.